The highest BCUT2D eigenvalue weighted by molar-refractivity contribution is 6.02. The Hall–Kier alpha value is -1.95. The fourth-order valence-electron chi connectivity index (χ4n) is 10.8. The van der Waals surface area contributed by atoms with E-state index in [1.54, 1.807) is 7.11 Å². The van der Waals surface area contributed by atoms with Crippen LogP contribution in [0.25, 0.3) is 0 Å². The molecule has 0 radical (unpaired) electrons. The third-order valence-corrected chi connectivity index (χ3v) is 13.0. The molecular weight excluding hydrogens is 492 g/mol. The maximum absolute atomic E-state index is 14.5. The third kappa shape index (κ3) is 3.51. The molecule has 0 aliphatic heterocycles. The first-order valence-electron chi connectivity index (χ1n) is 14.8. The van der Waals surface area contributed by atoms with E-state index in [-0.39, 0.29) is 58.1 Å². The van der Waals surface area contributed by atoms with Gasteiger partial charge in [0, 0.05) is 18.6 Å². The second-order valence-corrected chi connectivity index (χ2v) is 15.3. The smallest absolute Gasteiger partial charge is 0.312 e. The molecule has 4 fully saturated rings. The first-order chi connectivity index (χ1) is 18.1. The predicted octanol–water partition coefficient (Wildman–Crippen LogP) is 6.39. The molecule has 4 saturated carbocycles. The molecule has 0 spiro atoms. The van der Waals surface area contributed by atoms with Gasteiger partial charge in [0.25, 0.3) is 0 Å². The average molecular weight is 541 g/mol. The molecule has 6 heteroatoms. The van der Waals surface area contributed by atoms with Crippen LogP contribution in [0.4, 0.5) is 0 Å². The Morgan fingerprint density at radius 1 is 1.03 bits per heavy atom. The molecule has 5 aliphatic rings. The molecule has 0 aromatic heterocycles. The Morgan fingerprint density at radius 2 is 1.69 bits per heavy atom. The number of carbonyl (C=O) groups is 3. The average Bonchev–Trinajstić information content (AvgIpc) is 2.87. The summed E-state index contributed by atoms with van der Waals surface area (Å²) in [7, 11) is 3.11. The van der Waals surface area contributed by atoms with Crippen LogP contribution < -0.4 is 0 Å². The maximum Gasteiger partial charge on any atom is 0.312 e. The lowest BCUT2D eigenvalue weighted by Crippen LogP contribution is -2.66. The van der Waals surface area contributed by atoms with Crippen LogP contribution in [0.3, 0.4) is 0 Å². The molecule has 0 bridgehead atoms. The number of fused-ring (bicyclic) bond motifs is 7. The minimum Gasteiger partial charge on any atom is -0.515 e. The van der Waals surface area contributed by atoms with Crippen molar-refractivity contribution in [3.63, 3.8) is 0 Å². The van der Waals surface area contributed by atoms with Crippen LogP contribution in [0.2, 0.25) is 0 Å². The second-order valence-electron chi connectivity index (χ2n) is 15.3. The van der Waals surface area contributed by atoms with Gasteiger partial charge in [0.1, 0.15) is 0 Å². The van der Waals surface area contributed by atoms with Crippen molar-refractivity contribution in [3.05, 3.63) is 23.5 Å². The number of aliphatic hydroxyl groups excluding tert-OH is 1. The summed E-state index contributed by atoms with van der Waals surface area (Å²) in [5.41, 5.74) is -0.829. The van der Waals surface area contributed by atoms with Crippen molar-refractivity contribution >= 4 is 17.5 Å². The topological polar surface area (TPSA) is 89.9 Å². The Labute approximate surface area is 234 Å². The van der Waals surface area contributed by atoms with Crippen LogP contribution in [0.15, 0.2) is 23.5 Å². The number of ketones is 2. The molecule has 8 atom stereocenters. The molecule has 0 saturated heterocycles. The van der Waals surface area contributed by atoms with Gasteiger partial charge in [0.2, 0.25) is 0 Å². The lowest BCUT2D eigenvalue weighted by Gasteiger charge is -2.69. The summed E-state index contributed by atoms with van der Waals surface area (Å²) in [6, 6.07) is 0. The number of hydrogen-bond donors (Lipinski definition) is 1. The summed E-state index contributed by atoms with van der Waals surface area (Å²) >= 11 is 0. The second kappa shape index (κ2) is 8.77. The van der Waals surface area contributed by atoms with Gasteiger partial charge >= 0.3 is 5.97 Å². The van der Waals surface area contributed by atoms with Gasteiger partial charge in [-0.15, -0.1) is 0 Å². The minimum atomic E-state index is -0.778. The Bertz CT molecular complexity index is 1160. The van der Waals surface area contributed by atoms with Gasteiger partial charge < -0.3 is 14.6 Å². The van der Waals surface area contributed by atoms with Crippen molar-refractivity contribution in [3.8, 4) is 0 Å². The molecule has 6 nitrogen and oxygen atoms in total. The number of Topliss-reactive ketones (excluding diaryl/α,β-unsaturated/α-hetero) is 1. The van der Waals surface area contributed by atoms with Gasteiger partial charge in [0.05, 0.1) is 30.8 Å². The van der Waals surface area contributed by atoms with Gasteiger partial charge in [0.15, 0.2) is 11.6 Å². The summed E-state index contributed by atoms with van der Waals surface area (Å²) in [5.74, 6) is -0.369. The fraction of sp³-hybridized carbons (Fsp3) is 0.788. The number of methoxy groups -OCH3 is 2. The summed E-state index contributed by atoms with van der Waals surface area (Å²) in [6.45, 7) is 13.6. The third-order valence-electron chi connectivity index (χ3n) is 13.0. The number of ether oxygens (including phenoxy) is 2. The number of esters is 1. The molecule has 1 unspecified atom stereocenters. The number of allylic oxidation sites excluding steroid dienone is 3. The van der Waals surface area contributed by atoms with Crippen LogP contribution in [-0.2, 0) is 23.9 Å². The van der Waals surface area contributed by atoms with Gasteiger partial charge in [-0.2, -0.15) is 0 Å². The molecule has 0 aromatic rings. The van der Waals surface area contributed by atoms with Crippen LogP contribution in [-0.4, -0.2) is 43.5 Å². The number of rotatable bonds is 3. The van der Waals surface area contributed by atoms with Gasteiger partial charge in [-0.05, 0) is 97.9 Å². The van der Waals surface area contributed by atoms with E-state index < -0.39 is 16.2 Å². The number of hydrogen-bond acceptors (Lipinski definition) is 6. The monoisotopic (exact) mass is 540 g/mol. The standard InChI is InChI=1S/C33H48O6/c1-28(2)11-13-33(27(37)39-8)14-12-32(6)25(21(33)17-28)22(35)15-24-29(3)16-20(18-34)26(36)30(4,19-38-7)23(29)9-10-31(24,32)5/h15,18,21,23,25,34H,9-14,16-17,19H2,1-8H3/b20-18-/t21-,23?,25-,29-,30-,31+,32+,33-/m0/s1. The molecule has 39 heavy (non-hydrogen) atoms. The van der Waals surface area contributed by atoms with Crippen molar-refractivity contribution in [2.24, 2.45) is 50.2 Å². The predicted molar refractivity (Wildman–Crippen MR) is 149 cm³/mol. The van der Waals surface area contributed by atoms with E-state index in [1.807, 2.05) is 13.0 Å². The Morgan fingerprint density at radius 3 is 2.31 bits per heavy atom. The largest absolute Gasteiger partial charge is 0.515 e. The van der Waals surface area contributed by atoms with Crippen molar-refractivity contribution in [2.75, 3.05) is 20.8 Å². The number of aliphatic hydroxyl groups is 1. The zero-order valence-electron chi connectivity index (χ0n) is 25.2. The van der Waals surface area contributed by atoms with Crippen LogP contribution >= 0.6 is 0 Å². The summed E-state index contributed by atoms with van der Waals surface area (Å²) < 4.78 is 11.0. The van der Waals surface area contributed by atoms with E-state index in [2.05, 4.69) is 34.6 Å². The quantitative estimate of drug-likeness (QED) is 0.254. The van der Waals surface area contributed by atoms with E-state index in [0.29, 0.717) is 12.0 Å². The SMILES string of the molecule is COC[C@]1(C)C(=O)/C(=C\O)C[C@]2(C)C3=CC(=O)[C@@H]4[C@@H]5CC(C)(C)CC[C@]5(C(=O)OC)CC[C@@]4(C)[C@]3(C)CCC12. The fourth-order valence-corrected chi connectivity index (χ4v) is 10.8. The number of carbonyl (C=O) groups excluding carboxylic acids is 3. The molecule has 5 aliphatic carbocycles. The highest BCUT2D eigenvalue weighted by Crippen LogP contribution is 2.75. The van der Waals surface area contributed by atoms with Crippen LogP contribution in [0, 0.1) is 50.2 Å². The molecule has 0 aromatic carbocycles. The van der Waals surface area contributed by atoms with E-state index in [4.69, 9.17) is 9.47 Å². The minimum absolute atomic E-state index is 0.000195. The van der Waals surface area contributed by atoms with E-state index >= 15 is 0 Å². The molecule has 0 heterocycles. The highest BCUT2D eigenvalue weighted by atomic mass is 16.5. The van der Waals surface area contributed by atoms with Crippen molar-refractivity contribution in [1.82, 2.24) is 0 Å². The van der Waals surface area contributed by atoms with Crippen molar-refractivity contribution in [2.45, 2.75) is 92.9 Å². The summed E-state index contributed by atoms with van der Waals surface area (Å²) in [4.78, 5) is 41.5. The first kappa shape index (κ1) is 28.6. The van der Waals surface area contributed by atoms with Crippen molar-refractivity contribution < 1.29 is 29.0 Å². The molecular formula is C33H48O6. The summed E-state index contributed by atoms with van der Waals surface area (Å²) in [6.07, 6.45) is 9.15. The normalized spacial score (nSPS) is 47.8. The molecule has 216 valence electrons. The molecule has 5 rings (SSSR count). The van der Waals surface area contributed by atoms with Gasteiger partial charge in [-0.25, -0.2) is 0 Å². The van der Waals surface area contributed by atoms with E-state index in [1.165, 1.54) is 7.11 Å². The lowest BCUT2D eigenvalue weighted by atomic mass is 9.33. The Kier molecular flexibility index (Phi) is 6.43. The molecule has 1 N–H and O–H groups in total. The van der Waals surface area contributed by atoms with E-state index in [0.717, 1.165) is 56.8 Å². The van der Waals surface area contributed by atoms with Crippen molar-refractivity contribution in [1.29, 1.82) is 0 Å². The van der Waals surface area contributed by atoms with Crippen LogP contribution in [0.1, 0.15) is 92.9 Å². The lowest BCUT2D eigenvalue weighted by molar-refractivity contribution is -0.192. The van der Waals surface area contributed by atoms with Crippen LogP contribution in [0.5, 0.6) is 0 Å². The first-order valence-corrected chi connectivity index (χ1v) is 14.8. The highest BCUT2D eigenvalue weighted by Gasteiger charge is 2.71. The van der Waals surface area contributed by atoms with Gasteiger partial charge in [-0.1, -0.05) is 40.2 Å². The zero-order chi connectivity index (χ0) is 28.8. The molecule has 0 amide bonds. The summed E-state index contributed by atoms with van der Waals surface area (Å²) in [5, 5.41) is 10.1. The maximum atomic E-state index is 14.5. The zero-order valence-corrected chi connectivity index (χ0v) is 25.2. The van der Waals surface area contributed by atoms with E-state index in [9.17, 15) is 19.5 Å². The Balaban J connectivity index is 1.67. The van der Waals surface area contributed by atoms with Gasteiger partial charge in [-0.3, -0.25) is 14.4 Å².